The Labute approximate surface area is 106 Å². The topological polar surface area (TPSA) is 29.1 Å². The van der Waals surface area contributed by atoms with Crippen molar-refractivity contribution in [1.82, 2.24) is 5.32 Å². The summed E-state index contributed by atoms with van der Waals surface area (Å²) in [5.41, 5.74) is -0.919. The first-order valence-corrected chi connectivity index (χ1v) is 5.46. The van der Waals surface area contributed by atoms with Gasteiger partial charge in [0.05, 0.1) is 0 Å². The van der Waals surface area contributed by atoms with E-state index in [2.05, 4.69) is 5.32 Å². The van der Waals surface area contributed by atoms with Gasteiger partial charge in [0.1, 0.15) is 5.78 Å². The van der Waals surface area contributed by atoms with E-state index in [9.17, 15) is 26.7 Å². The van der Waals surface area contributed by atoms with E-state index in [4.69, 9.17) is 0 Å². The van der Waals surface area contributed by atoms with Crippen LogP contribution in [0.5, 0.6) is 0 Å². The van der Waals surface area contributed by atoms with Gasteiger partial charge in [0.25, 0.3) is 0 Å². The van der Waals surface area contributed by atoms with Gasteiger partial charge in [-0.2, -0.15) is 0 Å². The molecule has 0 bridgehead atoms. The molecule has 0 aliphatic rings. The number of likely N-dealkylation sites (N-methyl/N-ethyl adjacent to an activating group) is 1. The van der Waals surface area contributed by atoms with Crippen LogP contribution in [0.15, 0.2) is 0 Å². The molecule has 0 radical (unpaired) electrons. The molecule has 0 aliphatic carbocycles. The lowest BCUT2D eigenvalue weighted by molar-refractivity contribution is -0.117. The van der Waals surface area contributed by atoms with E-state index in [-0.39, 0.29) is 12.2 Å². The lowest BCUT2D eigenvalue weighted by Gasteiger charge is -2.16. The highest BCUT2D eigenvalue weighted by atomic mass is 19.2. The van der Waals surface area contributed by atoms with Crippen molar-refractivity contribution in [3.05, 3.63) is 34.6 Å². The maximum atomic E-state index is 13.4. The van der Waals surface area contributed by atoms with E-state index < -0.39 is 47.1 Å². The average molecular weight is 281 g/mol. The van der Waals surface area contributed by atoms with Gasteiger partial charge in [-0.15, -0.1) is 0 Å². The average Bonchev–Trinajstić information content (AvgIpc) is 2.37. The van der Waals surface area contributed by atoms with Crippen molar-refractivity contribution in [2.45, 2.75) is 25.8 Å². The minimum Gasteiger partial charge on any atom is -0.316 e. The molecule has 0 amide bonds. The van der Waals surface area contributed by atoms with Gasteiger partial charge in [-0.3, -0.25) is 4.79 Å². The number of benzene rings is 1. The molecule has 0 aliphatic heterocycles. The molecule has 0 fully saturated rings. The van der Waals surface area contributed by atoms with E-state index in [0.717, 1.165) is 0 Å². The quantitative estimate of drug-likeness (QED) is 0.510. The van der Waals surface area contributed by atoms with Crippen molar-refractivity contribution in [1.29, 1.82) is 0 Å². The van der Waals surface area contributed by atoms with Crippen LogP contribution in [-0.2, 0) is 11.2 Å². The molecular formula is C12H12F5NO. The first kappa shape index (κ1) is 15.6. The van der Waals surface area contributed by atoms with E-state index in [1.807, 2.05) is 0 Å². The van der Waals surface area contributed by atoms with Crippen molar-refractivity contribution in [3.8, 4) is 0 Å². The minimum absolute atomic E-state index is 0.0734. The van der Waals surface area contributed by atoms with Crippen LogP contribution in [0.4, 0.5) is 22.0 Å². The third-order valence-corrected chi connectivity index (χ3v) is 2.69. The van der Waals surface area contributed by atoms with Crippen molar-refractivity contribution in [2.24, 2.45) is 0 Å². The summed E-state index contributed by atoms with van der Waals surface area (Å²) >= 11 is 0. The summed E-state index contributed by atoms with van der Waals surface area (Å²) in [6.45, 7) is 1.27. The van der Waals surface area contributed by atoms with Crippen molar-refractivity contribution < 1.29 is 26.7 Å². The number of hydrogen-bond acceptors (Lipinski definition) is 2. The van der Waals surface area contributed by atoms with Crippen LogP contribution in [0.2, 0.25) is 0 Å². The van der Waals surface area contributed by atoms with Gasteiger partial charge in [-0.05, 0) is 20.4 Å². The van der Waals surface area contributed by atoms with Gasteiger partial charge in [-0.25, -0.2) is 22.0 Å². The van der Waals surface area contributed by atoms with Gasteiger partial charge >= 0.3 is 0 Å². The molecule has 1 rings (SSSR count). The molecule has 1 N–H and O–H groups in total. The number of carbonyl (C=O) groups is 1. The standard InChI is InChI=1S/C12H12F5NO/c1-5(19)3-6(18-2)4-7-8(13)10(15)12(17)11(16)9(7)14/h6,18H,3-4H2,1-2H3. The van der Waals surface area contributed by atoms with Gasteiger partial charge in [0.15, 0.2) is 23.3 Å². The van der Waals surface area contributed by atoms with Crippen molar-refractivity contribution in [3.63, 3.8) is 0 Å². The van der Waals surface area contributed by atoms with Crippen LogP contribution in [0.25, 0.3) is 0 Å². The number of nitrogens with one attached hydrogen (secondary N) is 1. The maximum Gasteiger partial charge on any atom is 0.200 e. The molecule has 1 aromatic rings. The second-order valence-corrected chi connectivity index (χ2v) is 4.14. The number of Topliss-reactive ketones (excluding diaryl/α,β-unsaturated/α-hetero) is 1. The molecule has 1 unspecified atom stereocenters. The Morgan fingerprint density at radius 3 is 1.79 bits per heavy atom. The van der Waals surface area contributed by atoms with E-state index >= 15 is 0 Å². The van der Waals surface area contributed by atoms with Gasteiger partial charge in [-0.1, -0.05) is 0 Å². The second kappa shape index (κ2) is 6.10. The monoisotopic (exact) mass is 281 g/mol. The molecule has 1 atom stereocenters. The fraction of sp³-hybridized carbons (Fsp3) is 0.417. The number of ketones is 1. The number of halogens is 5. The van der Waals surface area contributed by atoms with Crippen LogP contribution in [-0.4, -0.2) is 18.9 Å². The second-order valence-electron chi connectivity index (χ2n) is 4.14. The van der Waals surface area contributed by atoms with Crippen LogP contribution in [0.3, 0.4) is 0 Å². The Morgan fingerprint density at radius 1 is 1.00 bits per heavy atom. The summed E-state index contributed by atoms with van der Waals surface area (Å²) in [7, 11) is 1.43. The lowest BCUT2D eigenvalue weighted by atomic mass is 10.00. The summed E-state index contributed by atoms with van der Waals surface area (Å²) < 4.78 is 65.6. The van der Waals surface area contributed by atoms with Gasteiger partial charge in [0.2, 0.25) is 5.82 Å². The molecule has 2 nitrogen and oxygen atoms in total. The van der Waals surface area contributed by atoms with Crippen LogP contribution in [0, 0.1) is 29.1 Å². The van der Waals surface area contributed by atoms with Gasteiger partial charge < -0.3 is 5.32 Å². The number of carbonyl (C=O) groups excluding carboxylic acids is 1. The zero-order valence-electron chi connectivity index (χ0n) is 10.3. The first-order chi connectivity index (χ1) is 8.79. The van der Waals surface area contributed by atoms with Crippen LogP contribution < -0.4 is 5.32 Å². The molecule has 106 valence electrons. The zero-order valence-corrected chi connectivity index (χ0v) is 10.3. The molecular weight excluding hydrogens is 269 g/mol. The largest absolute Gasteiger partial charge is 0.316 e. The Kier molecular flexibility index (Phi) is 4.99. The Bertz CT molecular complexity index is 474. The Hall–Kier alpha value is -1.50. The predicted molar refractivity (Wildman–Crippen MR) is 58.1 cm³/mol. The summed E-state index contributed by atoms with van der Waals surface area (Å²) in [4.78, 5) is 10.9. The predicted octanol–water partition coefficient (Wildman–Crippen LogP) is 2.49. The Balaban J connectivity index is 3.17. The SMILES string of the molecule is CNC(CC(C)=O)Cc1c(F)c(F)c(F)c(F)c1F. The Morgan fingerprint density at radius 2 is 1.42 bits per heavy atom. The third-order valence-electron chi connectivity index (χ3n) is 2.69. The maximum absolute atomic E-state index is 13.4. The molecule has 19 heavy (non-hydrogen) atoms. The lowest BCUT2D eigenvalue weighted by Crippen LogP contribution is -2.30. The summed E-state index contributed by atoms with van der Waals surface area (Å²) in [6, 6.07) is -0.703. The van der Waals surface area contributed by atoms with Crippen molar-refractivity contribution >= 4 is 5.78 Å². The van der Waals surface area contributed by atoms with Gasteiger partial charge in [0, 0.05) is 18.0 Å². The molecule has 0 saturated heterocycles. The fourth-order valence-electron chi connectivity index (χ4n) is 1.70. The molecule has 1 aromatic carbocycles. The zero-order chi connectivity index (χ0) is 14.7. The normalized spacial score (nSPS) is 12.6. The van der Waals surface area contributed by atoms with Crippen LogP contribution in [0.1, 0.15) is 18.9 Å². The molecule has 0 aromatic heterocycles. The summed E-state index contributed by atoms with van der Waals surface area (Å²) in [5.74, 6) is -10.1. The highest BCUT2D eigenvalue weighted by Gasteiger charge is 2.27. The van der Waals surface area contributed by atoms with Crippen LogP contribution >= 0.6 is 0 Å². The third kappa shape index (κ3) is 3.28. The molecule has 0 heterocycles. The number of rotatable bonds is 5. The minimum atomic E-state index is -2.19. The summed E-state index contributed by atoms with van der Waals surface area (Å²) in [5, 5.41) is 2.60. The molecule has 7 heteroatoms. The fourth-order valence-corrected chi connectivity index (χ4v) is 1.70. The van der Waals surface area contributed by atoms with Crippen molar-refractivity contribution in [2.75, 3.05) is 7.05 Å². The summed E-state index contributed by atoms with van der Waals surface area (Å²) in [6.07, 6.45) is -0.544. The molecule has 0 spiro atoms. The molecule has 0 saturated carbocycles. The highest BCUT2D eigenvalue weighted by Crippen LogP contribution is 2.24. The smallest absolute Gasteiger partial charge is 0.200 e. The highest BCUT2D eigenvalue weighted by molar-refractivity contribution is 5.76. The van der Waals surface area contributed by atoms with E-state index in [1.165, 1.54) is 14.0 Å². The van der Waals surface area contributed by atoms with E-state index in [0.29, 0.717) is 0 Å². The first-order valence-electron chi connectivity index (χ1n) is 5.46. The number of hydrogen-bond donors (Lipinski definition) is 1. The van der Waals surface area contributed by atoms with E-state index in [1.54, 1.807) is 0 Å².